The van der Waals surface area contributed by atoms with E-state index in [1.807, 2.05) is 6.07 Å². The van der Waals surface area contributed by atoms with Crippen molar-refractivity contribution in [2.24, 2.45) is 5.73 Å². The van der Waals surface area contributed by atoms with Crippen LogP contribution in [0.1, 0.15) is 48.6 Å². The van der Waals surface area contributed by atoms with Crippen LogP contribution in [0.25, 0.3) is 0 Å². The number of ether oxygens (including phenoxy) is 2. The van der Waals surface area contributed by atoms with Crippen LogP contribution in [0.4, 0.5) is 13.2 Å². The van der Waals surface area contributed by atoms with Crippen LogP contribution in [0.5, 0.6) is 0 Å². The highest BCUT2D eigenvalue weighted by molar-refractivity contribution is 7.89. The molecule has 2 heterocycles. The van der Waals surface area contributed by atoms with Crippen molar-refractivity contribution in [2.45, 2.75) is 61.8 Å². The van der Waals surface area contributed by atoms with E-state index >= 15 is 0 Å². The summed E-state index contributed by atoms with van der Waals surface area (Å²) in [5.74, 6) is -4.14. The number of rotatable bonds is 10. The Balaban J connectivity index is 1.82. The predicted octanol–water partition coefficient (Wildman–Crippen LogP) is 2.97. The molecule has 3 atom stereocenters. The monoisotopic (exact) mass is 676 g/mol. The number of nitrogens with zero attached hydrogens (tertiary/aromatic N) is 3. The molecule has 2 aromatic carbocycles. The lowest BCUT2D eigenvalue weighted by Gasteiger charge is -2.43. The van der Waals surface area contributed by atoms with Gasteiger partial charge in [-0.15, -0.1) is 0 Å². The van der Waals surface area contributed by atoms with Gasteiger partial charge in [-0.25, -0.2) is 13.2 Å². The SMILES string of the molecule is CCOC(=O)[C@]1(C(=O)C(N)Cc2cccc(C#N)c2)CC(C)=CCN1S(=O)(=O)c1ccc2c(c1)C(COC)N(C(=O)C(F)(F)F)CC2. The summed E-state index contributed by atoms with van der Waals surface area (Å²) < 4.78 is 80.5. The summed E-state index contributed by atoms with van der Waals surface area (Å²) in [5, 5.41) is 9.28. The van der Waals surface area contributed by atoms with Crippen LogP contribution in [-0.4, -0.2) is 86.5 Å². The van der Waals surface area contributed by atoms with Crippen LogP contribution in [0.15, 0.2) is 59.0 Å². The van der Waals surface area contributed by atoms with Crippen LogP contribution >= 0.6 is 0 Å². The average Bonchev–Trinajstić information content (AvgIpc) is 3.03. The molecule has 0 aliphatic carbocycles. The number of hydrogen-bond acceptors (Lipinski definition) is 9. The second kappa shape index (κ2) is 13.9. The van der Waals surface area contributed by atoms with E-state index in [0.29, 0.717) is 27.2 Å². The number of esters is 1. The minimum Gasteiger partial charge on any atom is -0.464 e. The summed E-state index contributed by atoms with van der Waals surface area (Å²) in [5.41, 5.74) is 5.96. The van der Waals surface area contributed by atoms with E-state index in [-0.39, 0.29) is 44.6 Å². The Morgan fingerprint density at radius 1 is 1.19 bits per heavy atom. The van der Waals surface area contributed by atoms with Crippen molar-refractivity contribution in [1.82, 2.24) is 9.21 Å². The lowest BCUT2D eigenvalue weighted by atomic mass is 9.80. The van der Waals surface area contributed by atoms with Gasteiger partial charge in [0.1, 0.15) is 0 Å². The molecule has 252 valence electrons. The van der Waals surface area contributed by atoms with Gasteiger partial charge in [-0.3, -0.25) is 9.59 Å². The molecule has 47 heavy (non-hydrogen) atoms. The first-order valence-electron chi connectivity index (χ1n) is 14.8. The van der Waals surface area contributed by atoms with Gasteiger partial charge >= 0.3 is 18.1 Å². The Morgan fingerprint density at radius 2 is 1.91 bits per heavy atom. The average molecular weight is 677 g/mol. The first-order valence-corrected chi connectivity index (χ1v) is 16.2. The number of carbonyl (C=O) groups excluding carboxylic acids is 3. The second-order valence-electron chi connectivity index (χ2n) is 11.4. The first kappa shape index (κ1) is 35.7. The van der Waals surface area contributed by atoms with Gasteiger partial charge in [0, 0.05) is 26.6 Å². The maximum absolute atomic E-state index is 14.5. The molecular formula is C32H35F3N4O7S. The molecule has 2 aromatic rings. The third-order valence-electron chi connectivity index (χ3n) is 8.33. The van der Waals surface area contributed by atoms with Gasteiger partial charge in [-0.1, -0.05) is 29.8 Å². The molecule has 0 spiro atoms. The van der Waals surface area contributed by atoms with Gasteiger partial charge in [0.05, 0.1) is 41.8 Å². The van der Waals surface area contributed by atoms with Gasteiger partial charge in [0.15, 0.2) is 11.3 Å². The molecule has 2 aliphatic rings. The minimum atomic E-state index is -5.17. The predicted molar refractivity (Wildman–Crippen MR) is 162 cm³/mol. The van der Waals surface area contributed by atoms with E-state index in [9.17, 15) is 41.2 Å². The zero-order valence-electron chi connectivity index (χ0n) is 26.0. The number of benzene rings is 2. The van der Waals surface area contributed by atoms with E-state index in [4.69, 9.17) is 15.2 Å². The lowest BCUT2D eigenvalue weighted by Crippen LogP contribution is -2.67. The number of fused-ring (bicyclic) bond motifs is 1. The number of halogens is 3. The highest BCUT2D eigenvalue weighted by Crippen LogP contribution is 2.39. The lowest BCUT2D eigenvalue weighted by molar-refractivity contribution is -0.189. The van der Waals surface area contributed by atoms with Crippen molar-refractivity contribution in [1.29, 1.82) is 5.26 Å². The van der Waals surface area contributed by atoms with E-state index in [2.05, 4.69) is 0 Å². The maximum atomic E-state index is 14.5. The molecule has 2 aliphatic heterocycles. The molecule has 0 saturated carbocycles. The highest BCUT2D eigenvalue weighted by Gasteiger charge is 2.59. The molecule has 2 unspecified atom stereocenters. The largest absolute Gasteiger partial charge is 0.471 e. The Bertz CT molecular complexity index is 1740. The van der Waals surface area contributed by atoms with Crippen molar-refractivity contribution >= 4 is 27.7 Å². The molecule has 0 saturated heterocycles. The van der Waals surface area contributed by atoms with Gasteiger partial charge in [-0.2, -0.15) is 22.7 Å². The van der Waals surface area contributed by atoms with E-state index in [1.165, 1.54) is 32.2 Å². The van der Waals surface area contributed by atoms with E-state index in [0.717, 1.165) is 10.4 Å². The summed E-state index contributed by atoms with van der Waals surface area (Å²) in [6.45, 7) is 1.93. The Kier molecular flexibility index (Phi) is 10.6. The summed E-state index contributed by atoms with van der Waals surface area (Å²) >= 11 is 0. The summed E-state index contributed by atoms with van der Waals surface area (Å²) in [4.78, 5) is 40.6. The fourth-order valence-corrected chi connectivity index (χ4v) is 7.81. The molecular weight excluding hydrogens is 641 g/mol. The molecule has 4 rings (SSSR count). The number of Topliss-reactive ketones (excluding diaryl/α,β-unsaturated/α-hetero) is 1. The third-order valence-corrected chi connectivity index (χ3v) is 10.2. The summed E-state index contributed by atoms with van der Waals surface area (Å²) in [6, 6.07) is 9.52. The topological polar surface area (TPSA) is 160 Å². The van der Waals surface area contributed by atoms with Crippen LogP contribution < -0.4 is 5.73 Å². The zero-order chi connectivity index (χ0) is 34.7. The van der Waals surface area contributed by atoms with E-state index in [1.54, 1.807) is 31.2 Å². The fraction of sp³-hybridized carbons (Fsp3) is 0.438. The number of alkyl halides is 3. The molecule has 0 radical (unpaired) electrons. The Morgan fingerprint density at radius 3 is 2.55 bits per heavy atom. The minimum absolute atomic E-state index is 0.0243. The van der Waals surface area contributed by atoms with Crippen molar-refractivity contribution in [3.63, 3.8) is 0 Å². The maximum Gasteiger partial charge on any atom is 0.471 e. The van der Waals surface area contributed by atoms with Crippen LogP contribution in [0, 0.1) is 11.3 Å². The smallest absolute Gasteiger partial charge is 0.464 e. The fourth-order valence-electron chi connectivity index (χ4n) is 6.12. The summed E-state index contributed by atoms with van der Waals surface area (Å²) in [6.07, 6.45) is -4.08. The number of hydrogen-bond donors (Lipinski definition) is 1. The molecule has 0 fully saturated rings. The van der Waals surface area contributed by atoms with Crippen LogP contribution in [0.2, 0.25) is 0 Å². The number of amides is 1. The van der Waals surface area contributed by atoms with Gasteiger partial charge < -0.3 is 20.1 Å². The number of sulfonamides is 1. The molecule has 0 bridgehead atoms. The Hall–Kier alpha value is -4.10. The second-order valence-corrected chi connectivity index (χ2v) is 13.3. The number of nitrogens with two attached hydrogens (primary N) is 1. The molecule has 1 amide bonds. The quantitative estimate of drug-likeness (QED) is 0.227. The van der Waals surface area contributed by atoms with Crippen molar-refractivity contribution in [3.8, 4) is 6.07 Å². The molecule has 0 aromatic heterocycles. The van der Waals surface area contributed by atoms with Crippen LogP contribution in [-0.2, 0) is 46.7 Å². The van der Waals surface area contributed by atoms with Crippen molar-refractivity contribution in [3.05, 3.63) is 76.4 Å². The summed E-state index contributed by atoms with van der Waals surface area (Å²) in [7, 11) is -3.51. The van der Waals surface area contributed by atoms with Crippen molar-refractivity contribution in [2.75, 3.05) is 33.4 Å². The molecule has 11 nitrogen and oxygen atoms in total. The van der Waals surface area contributed by atoms with Crippen LogP contribution in [0.3, 0.4) is 0 Å². The molecule has 15 heteroatoms. The number of carbonyl (C=O) groups is 3. The van der Waals surface area contributed by atoms with E-state index < -0.39 is 62.9 Å². The third kappa shape index (κ3) is 6.96. The number of methoxy groups -OCH3 is 1. The highest BCUT2D eigenvalue weighted by atomic mass is 32.2. The first-order chi connectivity index (χ1) is 22.1. The van der Waals surface area contributed by atoms with Crippen molar-refractivity contribution < 1.29 is 45.4 Å². The van der Waals surface area contributed by atoms with Gasteiger partial charge in [0.25, 0.3) is 0 Å². The Labute approximate surface area is 270 Å². The number of ketones is 1. The normalized spacial score (nSPS) is 20.9. The van der Waals surface area contributed by atoms with Gasteiger partial charge in [0.2, 0.25) is 10.0 Å². The van der Waals surface area contributed by atoms with Gasteiger partial charge in [-0.05, 0) is 67.6 Å². The molecule has 2 N–H and O–H groups in total. The standard InChI is InChI=1S/C32H35F3N4O7S/c1-4-46-30(42)31(28(40)26(37)15-21-6-5-7-22(14-21)18-36)17-20(2)10-13-39(31)47(43,44)24-9-8-23-11-12-38(29(41)32(33,34)35)27(19-45-3)25(23)16-24/h5-10,14,16,26-27H,4,11-13,15,17,19,37H2,1-3H3/t26?,27?,31-/m1/s1. The number of nitriles is 1. The zero-order valence-corrected chi connectivity index (χ0v) is 26.9.